The molecular weight excluding hydrogens is 240 g/mol. The number of nitrogens with one attached hydrogen (secondary N) is 1. The lowest BCUT2D eigenvalue weighted by Gasteiger charge is -2.26. The molecule has 1 amide bonds. The van der Waals surface area contributed by atoms with Crippen molar-refractivity contribution in [1.29, 1.82) is 0 Å². The monoisotopic (exact) mass is 260 g/mol. The molecule has 5 heteroatoms. The highest BCUT2D eigenvalue weighted by molar-refractivity contribution is 5.92. The Morgan fingerprint density at radius 3 is 2.84 bits per heavy atom. The van der Waals surface area contributed by atoms with Gasteiger partial charge in [0.15, 0.2) is 0 Å². The van der Waals surface area contributed by atoms with Crippen molar-refractivity contribution >= 4 is 11.9 Å². The third-order valence-corrected chi connectivity index (χ3v) is 3.12. The Hall–Kier alpha value is -1.91. The number of hydrogen-bond donors (Lipinski definition) is 1. The minimum absolute atomic E-state index is 0.00635. The van der Waals surface area contributed by atoms with Crippen LogP contribution in [0, 0.1) is 6.92 Å². The minimum Gasteiger partial charge on any atom is -0.351 e. The van der Waals surface area contributed by atoms with Crippen LogP contribution >= 0.6 is 0 Å². The molecule has 0 saturated carbocycles. The van der Waals surface area contributed by atoms with Crippen LogP contribution in [0.1, 0.15) is 35.4 Å². The number of hydrogen-bond acceptors (Lipinski definition) is 4. The van der Waals surface area contributed by atoms with Gasteiger partial charge < -0.3 is 10.2 Å². The van der Waals surface area contributed by atoms with Gasteiger partial charge in [-0.3, -0.25) is 4.79 Å². The number of aromatic nitrogens is 2. The molecule has 5 nitrogen and oxygen atoms in total. The zero-order valence-corrected chi connectivity index (χ0v) is 11.4. The van der Waals surface area contributed by atoms with E-state index in [-0.39, 0.29) is 5.91 Å². The van der Waals surface area contributed by atoms with Gasteiger partial charge in [-0.2, -0.15) is 0 Å². The molecule has 0 bridgehead atoms. The molecule has 2 heterocycles. The van der Waals surface area contributed by atoms with Crippen LogP contribution in [-0.2, 0) is 0 Å². The molecule has 1 aromatic rings. The fourth-order valence-corrected chi connectivity index (χ4v) is 2.18. The van der Waals surface area contributed by atoms with Gasteiger partial charge in [0.05, 0.1) is 0 Å². The number of aryl methyl sites for hydroxylation is 1. The number of likely N-dealkylation sites (tertiary alicyclic amines) is 1. The Morgan fingerprint density at radius 1 is 1.42 bits per heavy atom. The molecule has 0 atom stereocenters. The van der Waals surface area contributed by atoms with Gasteiger partial charge in [-0.1, -0.05) is 6.08 Å². The zero-order valence-electron chi connectivity index (χ0n) is 11.4. The summed E-state index contributed by atoms with van der Waals surface area (Å²) in [6.45, 7) is 7.75. The van der Waals surface area contributed by atoms with E-state index in [2.05, 4.69) is 21.9 Å². The highest BCUT2D eigenvalue weighted by Crippen LogP contribution is 2.13. The van der Waals surface area contributed by atoms with E-state index in [0.29, 0.717) is 18.2 Å². The molecule has 1 saturated heterocycles. The quantitative estimate of drug-likeness (QED) is 0.841. The lowest BCUT2D eigenvalue weighted by atomic mass is 10.1. The predicted octanol–water partition coefficient (Wildman–Crippen LogP) is 2.01. The summed E-state index contributed by atoms with van der Waals surface area (Å²) in [5.74, 6) is 0.493. The van der Waals surface area contributed by atoms with E-state index >= 15 is 0 Å². The second kappa shape index (κ2) is 6.31. The Bertz CT molecular complexity index is 467. The normalized spacial score (nSPS) is 15.1. The van der Waals surface area contributed by atoms with E-state index in [0.717, 1.165) is 31.6 Å². The number of carbonyl (C=O) groups excluding carboxylic acids is 1. The first kappa shape index (κ1) is 13.5. The molecule has 2 rings (SSSR count). The molecule has 0 radical (unpaired) electrons. The first-order chi connectivity index (χ1) is 9.20. The van der Waals surface area contributed by atoms with Gasteiger partial charge in [0.25, 0.3) is 5.91 Å². The highest BCUT2D eigenvalue weighted by atomic mass is 16.2. The third-order valence-electron chi connectivity index (χ3n) is 3.12. The van der Waals surface area contributed by atoms with Crippen LogP contribution in [0.15, 0.2) is 18.7 Å². The summed E-state index contributed by atoms with van der Waals surface area (Å²) in [5.41, 5.74) is 1.27. The predicted molar refractivity (Wildman–Crippen MR) is 75.2 cm³/mol. The highest BCUT2D eigenvalue weighted by Gasteiger charge is 2.20. The van der Waals surface area contributed by atoms with Crippen LogP contribution in [0.4, 0.5) is 5.95 Å². The number of amides is 1. The zero-order chi connectivity index (χ0) is 13.7. The van der Waals surface area contributed by atoms with Gasteiger partial charge in [-0.15, -0.1) is 6.58 Å². The van der Waals surface area contributed by atoms with Crippen molar-refractivity contribution in [3.63, 3.8) is 0 Å². The van der Waals surface area contributed by atoms with Crippen molar-refractivity contribution in [3.05, 3.63) is 30.1 Å². The maximum atomic E-state index is 12.4. The summed E-state index contributed by atoms with van der Waals surface area (Å²) in [5, 5.41) is 3.02. The standard InChI is InChI=1S/C14H20N4O/c1-3-7-15-14-16-11(2)10-12(17-14)13(19)18-8-5-4-6-9-18/h3,10H,1,4-9H2,2H3,(H,15,16,17). The van der Waals surface area contributed by atoms with Gasteiger partial charge in [0.1, 0.15) is 5.69 Å². The molecule has 1 aliphatic heterocycles. The van der Waals surface area contributed by atoms with Crippen molar-refractivity contribution in [3.8, 4) is 0 Å². The Morgan fingerprint density at radius 2 is 2.16 bits per heavy atom. The van der Waals surface area contributed by atoms with E-state index in [4.69, 9.17) is 0 Å². The van der Waals surface area contributed by atoms with Crippen LogP contribution in [0.25, 0.3) is 0 Å². The Kier molecular flexibility index (Phi) is 4.49. The van der Waals surface area contributed by atoms with Crippen LogP contribution in [-0.4, -0.2) is 40.4 Å². The molecule has 102 valence electrons. The average molecular weight is 260 g/mol. The Balaban J connectivity index is 2.15. The molecule has 1 aromatic heterocycles. The van der Waals surface area contributed by atoms with Crippen molar-refractivity contribution < 1.29 is 4.79 Å². The number of carbonyl (C=O) groups is 1. The maximum absolute atomic E-state index is 12.4. The average Bonchev–Trinajstić information content (AvgIpc) is 2.44. The fraction of sp³-hybridized carbons (Fsp3) is 0.500. The van der Waals surface area contributed by atoms with Crippen molar-refractivity contribution in [1.82, 2.24) is 14.9 Å². The smallest absolute Gasteiger partial charge is 0.272 e. The molecule has 19 heavy (non-hydrogen) atoms. The van der Waals surface area contributed by atoms with E-state index in [1.165, 1.54) is 6.42 Å². The second-order valence-corrected chi connectivity index (χ2v) is 4.74. The van der Waals surface area contributed by atoms with Crippen LogP contribution in [0.2, 0.25) is 0 Å². The number of anilines is 1. The van der Waals surface area contributed by atoms with Crippen molar-refractivity contribution in [2.75, 3.05) is 25.0 Å². The topological polar surface area (TPSA) is 58.1 Å². The molecule has 0 aromatic carbocycles. The molecular formula is C14H20N4O. The van der Waals surface area contributed by atoms with Gasteiger partial charge >= 0.3 is 0 Å². The summed E-state index contributed by atoms with van der Waals surface area (Å²) in [7, 11) is 0. The summed E-state index contributed by atoms with van der Waals surface area (Å²) >= 11 is 0. The van der Waals surface area contributed by atoms with Gasteiger partial charge in [0.2, 0.25) is 5.95 Å². The summed E-state index contributed by atoms with van der Waals surface area (Å²) in [6.07, 6.45) is 5.10. The molecule has 1 aliphatic rings. The molecule has 1 N–H and O–H groups in total. The lowest BCUT2D eigenvalue weighted by Crippen LogP contribution is -2.36. The molecule has 0 aliphatic carbocycles. The number of rotatable bonds is 4. The van der Waals surface area contributed by atoms with Gasteiger partial charge in [0, 0.05) is 25.3 Å². The first-order valence-electron chi connectivity index (χ1n) is 6.70. The van der Waals surface area contributed by atoms with E-state index in [1.54, 1.807) is 12.1 Å². The maximum Gasteiger partial charge on any atom is 0.272 e. The summed E-state index contributed by atoms with van der Waals surface area (Å²) < 4.78 is 0. The summed E-state index contributed by atoms with van der Waals surface area (Å²) in [6, 6.07) is 1.75. The summed E-state index contributed by atoms with van der Waals surface area (Å²) in [4.78, 5) is 22.8. The van der Waals surface area contributed by atoms with Crippen molar-refractivity contribution in [2.24, 2.45) is 0 Å². The SMILES string of the molecule is C=CCNc1nc(C)cc(C(=O)N2CCCCC2)n1. The van der Waals surface area contributed by atoms with E-state index in [1.807, 2.05) is 11.8 Å². The van der Waals surface area contributed by atoms with E-state index in [9.17, 15) is 4.79 Å². The lowest BCUT2D eigenvalue weighted by molar-refractivity contribution is 0.0718. The number of piperidine rings is 1. The largest absolute Gasteiger partial charge is 0.351 e. The fourth-order valence-electron chi connectivity index (χ4n) is 2.18. The minimum atomic E-state index is 0.00635. The number of nitrogens with zero attached hydrogens (tertiary/aromatic N) is 3. The molecule has 1 fully saturated rings. The Labute approximate surface area is 113 Å². The van der Waals surface area contributed by atoms with Crippen molar-refractivity contribution in [2.45, 2.75) is 26.2 Å². The molecule has 0 spiro atoms. The van der Waals surface area contributed by atoms with Gasteiger partial charge in [-0.25, -0.2) is 9.97 Å². The van der Waals surface area contributed by atoms with Crippen LogP contribution < -0.4 is 5.32 Å². The van der Waals surface area contributed by atoms with Crippen LogP contribution in [0.5, 0.6) is 0 Å². The van der Waals surface area contributed by atoms with Gasteiger partial charge in [-0.05, 0) is 32.3 Å². The third kappa shape index (κ3) is 3.53. The van der Waals surface area contributed by atoms with E-state index < -0.39 is 0 Å². The second-order valence-electron chi connectivity index (χ2n) is 4.74. The molecule has 0 unspecified atom stereocenters. The first-order valence-corrected chi connectivity index (χ1v) is 6.70. The van der Waals surface area contributed by atoms with Crippen LogP contribution in [0.3, 0.4) is 0 Å².